The van der Waals surface area contributed by atoms with E-state index in [0.29, 0.717) is 6.04 Å². The molecule has 0 heterocycles. The molecule has 0 fully saturated rings. The van der Waals surface area contributed by atoms with Crippen LogP contribution in [0.2, 0.25) is 0 Å². The number of rotatable bonds is 6. The molecule has 0 radical (unpaired) electrons. The maximum Gasteiger partial charge on any atom is 0.0477 e. The van der Waals surface area contributed by atoms with Crippen molar-refractivity contribution in [2.75, 3.05) is 19.8 Å². The van der Waals surface area contributed by atoms with Gasteiger partial charge in [-0.15, -0.1) is 0 Å². The second kappa shape index (κ2) is 7.10. The smallest absolute Gasteiger partial charge is 0.0477 e. The lowest BCUT2D eigenvalue weighted by atomic mass is 10.0. The third kappa shape index (κ3) is 5.06. The summed E-state index contributed by atoms with van der Waals surface area (Å²) in [5.41, 5.74) is 0. The molecule has 1 atom stereocenters. The van der Waals surface area contributed by atoms with Crippen LogP contribution >= 0.6 is 0 Å². The van der Waals surface area contributed by atoms with Crippen molar-refractivity contribution in [1.29, 1.82) is 0 Å². The van der Waals surface area contributed by atoms with Gasteiger partial charge in [0.05, 0.1) is 0 Å². The fraction of sp³-hybridized carbons (Fsp3) is 0.818. The SMILES string of the molecule is CCOCCCNC1CC=CCC1. The molecule has 0 saturated carbocycles. The molecule has 13 heavy (non-hydrogen) atoms. The Bertz CT molecular complexity index is 145. The Morgan fingerprint density at radius 3 is 3.08 bits per heavy atom. The van der Waals surface area contributed by atoms with Gasteiger partial charge in [0.15, 0.2) is 0 Å². The zero-order valence-electron chi connectivity index (χ0n) is 8.59. The van der Waals surface area contributed by atoms with E-state index in [0.717, 1.165) is 26.2 Å². The van der Waals surface area contributed by atoms with Crippen LogP contribution in [0.3, 0.4) is 0 Å². The van der Waals surface area contributed by atoms with Gasteiger partial charge in [0, 0.05) is 19.3 Å². The summed E-state index contributed by atoms with van der Waals surface area (Å²) in [4.78, 5) is 0. The summed E-state index contributed by atoms with van der Waals surface area (Å²) in [5.74, 6) is 0. The number of allylic oxidation sites excluding steroid dienone is 1. The van der Waals surface area contributed by atoms with Crippen LogP contribution in [0, 0.1) is 0 Å². The van der Waals surface area contributed by atoms with Gasteiger partial charge in [-0.05, 0) is 39.2 Å². The van der Waals surface area contributed by atoms with Gasteiger partial charge >= 0.3 is 0 Å². The summed E-state index contributed by atoms with van der Waals surface area (Å²) in [6, 6.07) is 0.714. The third-order valence-corrected chi connectivity index (χ3v) is 2.37. The summed E-state index contributed by atoms with van der Waals surface area (Å²) in [5, 5.41) is 3.55. The quantitative estimate of drug-likeness (QED) is 0.503. The van der Waals surface area contributed by atoms with E-state index in [1.165, 1.54) is 19.3 Å². The van der Waals surface area contributed by atoms with Crippen LogP contribution in [0.15, 0.2) is 12.2 Å². The highest BCUT2D eigenvalue weighted by atomic mass is 16.5. The number of hydrogen-bond acceptors (Lipinski definition) is 2. The summed E-state index contributed by atoms with van der Waals surface area (Å²) < 4.78 is 5.27. The Morgan fingerprint density at radius 2 is 2.38 bits per heavy atom. The Morgan fingerprint density at radius 1 is 1.46 bits per heavy atom. The Labute approximate surface area is 81.4 Å². The first-order valence-electron chi connectivity index (χ1n) is 5.39. The zero-order valence-corrected chi connectivity index (χ0v) is 8.59. The van der Waals surface area contributed by atoms with E-state index in [-0.39, 0.29) is 0 Å². The average molecular weight is 183 g/mol. The van der Waals surface area contributed by atoms with E-state index in [2.05, 4.69) is 17.5 Å². The van der Waals surface area contributed by atoms with Crippen molar-refractivity contribution in [1.82, 2.24) is 5.32 Å². The Hall–Kier alpha value is -0.340. The van der Waals surface area contributed by atoms with Crippen molar-refractivity contribution >= 4 is 0 Å². The minimum Gasteiger partial charge on any atom is -0.382 e. The van der Waals surface area contributed by atoms with Crippen molar-refractivity contribution < 1.29 is 4.74 Å². The molecule has 2 nitrogen and oxygen atoms in total. The molecule has 2 heteroatoms. The molecule has 1 aliphatic rings. The van der Waals surface area contributed by atoms with E-state index in [4.69, 9.17) is 4.74 Å². The molecule has 1 N–H and O–H groups in total. The van der Waals surface area contributed by atoms with E-state index >= 15 is 0 Å². The lowest BCUT2D eigenvalue weighted by Crippen LogP contribution is -2.31. The summed E-state index contributed by atoms with van der Waals surface area (Å²) >= 11 is 0. The van der Waals surface area contributed by atoms with Crippen LogP contribution in [0.5, 0.6) is 0 Å². The number of nitrogens with one attached hydrogen (secondary N) is 1. The molecule has 1 rings (SSSR count). The van der Waals surface area contributed by atoms with Crippen LogP contribution in [-0.4, -0.2) is 25.8 Å². The number of ether oxygens (including phenoxy) is 1. The molecule has 0 aliphatic heterocycles. The Kier molecular flexibility index (Phi) is 5.87. The third-order valence-electron chi connectivity index (χ3n) is 2.37. The van der Waals surface area contributed by atoms with Crippen molar-refractivity contribution in [3.8, 4) is 0 Å². The van der Waals surface area contributed by atoms with Crippen LogP contribution in [0.1, 0.15) is 32.6 Å². The molecule has 76 valence electrons. The topological polar surface area (TPSA) is 21.3 Å². The van der Waals surface area contributed by atoms with Gasteiger partial charge in [0.25, 0.3) is 0 Å². The first kappa shape index (κ1) is 10.7. The predicted octanol–water partition coefficient (Wildman–Crippen LogP) is 2.11. The average Bonchev–Trinajstić information content (AvgIpc) is 2.19. The molecule has 0 aromatic rings. The van der Waals surface area contributed by atoms with Crippen LogP contribution in [-0.2, 0) is 4.74 Å². The van der Waals surface area contributed by atoms with Crippen LogP contribution < -0.4 is 5.32 Å². The summed E-state index contributed by atoms with van der Waals surface area (Å²) in [6.45, 7) is 4.87. The first-order chi connectivity index (χ1) is 6.43. The highest BCUT2D eigenvalue weighted by Crippen LogP contribution is 2.09. The largest absolute Gasteiger partial charge is 0.382 e. The van der Waals surface area contributed by atoms with Crippen molar-refractivity contribution in [3.63, 3.8) is 0 Å². The minimum absolute atomic E-state index is 0.714. The van der Waals surface area contributed by atoms with Crippen LogP contribution in [0.4, 0.5) is 0 Å². The lowest BCUT2D eigenvalue weighted by Gasteiger charge is -2.19. The van der Waals surface area contributed by atoms with Gasteiger partial charge < -0.3 is 10.1 Å². The van der Waals surface area contributed by atoms with Gasteiger partial charge in [0.1, 0.15) is 0 Å². The van der Waals surface area contributed by atoms with E-state index < -0.39 is 0 Å². The molecule has 0 amide bonds. The van der Waals surface area contributed by atoms with Crippen molar-refractivity contribution in [3.05, 3.63) is 12.2 Å². The molecule has 0 bridgehead atoms. The lowest BCUT2D eigenvalue weighted by molar-refractivity contribution is 0.144. The second-order valence-electron chi connectivity index (χ2n) is 3.49. The predicted molar refractivity (Wildman–Crippen MR) is 55.9 cm³/mol. The summed E-state index contributed by atoms with van der Waals surface area (Å²) in [7, 11) is 0. The van der Waals surface area contributed by atoms with Crippen molar-refractivity contribution in [2.24, 2.45) is 0 Å². The fourth-order valence-electron chi connectivity index (χ4n) is 1.60. The Balaban J connectivity index is 1.90. The second-order valence-corrected chi connectivity index (χ2v) is 3.49. The van der Waals surface area contributed by atoms with Gasteiger partial charge in [-0.3, -0.25) is 0 Å². The molecule has 0 aromatic carbocycles. The monoisotopic (exact) mass is 183 g/mol. The minimum atomic E-state index is 0.714. The van der Waals surface area contributed by atoms with E-state index in [9.17, 15) is 0 Å². The fourth-order valence-corrected chi connectivity index (χ4v) is 1.60. The standard InChI is InChI=1S/C11H21NO/c1-2-13-10-6-9-12-11-7-4-3-5-8-11/h3-4,11-12H,2,5-10H2,1H3. The summed E-state index contributed by atoms with van der Waals surface area (Å²) in [6.07, 6.45) is 9.43. The van der Waals surface area contributed by atoms with Gasteiger partial charge in [-0.2, -0.15) is 0 Å². The highest BCUT2D eigenvalue weighted by Gasteiger charge is 2.07. The van der Waals surface area contributed by atoms with E-state index in [1.54, 1.807) is 0 Å². The van der Waals surface area contributed by atoms with E-state index in [1.807, 2.05) is 6.92 Å². The first-order valence-corrected chi connectivity index (χ1v) is 5.39. The van der Waals surface area contributed by atoms with Gasteiger partial charge in [0.2, 0.25) is 0 Å². The molecular formula is C11H21NO. The van der Waals surface area contributed by atoms with Gasteiger partial charge in [-0.1, -0.05) is 12.2 Å². The molecule has 1 unspecified atom stereocenters. The maximum atomic E-state index is 5.27. The zero-order chi connectivity index (χ0) is 9.36. The molecule has 0 saturated heterocycles. The maximum absolute atomic E-state index is 5.27. The highest BCUT2D eigenvalue weighted by molar-refractivity contribution is 4.92. The van der Waals surface area contributed by atoms with Crippen molar-refractivity contribution in [2.45, 2.75) is 38.6 Å². The normalized spacial score (nSPS) is 22.1. The van der Waals surface area contributed by atoms with Gasteiger partial charge in [-0.25, -0.2) is 0 Å². The molecule has 0 aromatic heterocycles. The van der Waals surface area contributed by atoms with Crippen LogP contribution in [0.25, 0.3) is 0 Å². The molecular weight excluding hydrogens is 162 g/mol. The molecule has 1 aliphatic carbocycles. The molecule has 0 spiro atoms. The number of hydrogen-bond donors (Lipinski definition) is 1.